The second-order valence-electron chi connectivity index (χ2n) is 4.64. The summed E-state index contributed by atoms with van der Waals surface area (Å²) in [6.07, 6.45) is 0. The number of rotatable bonds is 4. The van der Waals surface area contributed by atoms with Gasteiger partial charge in [0, 0.05) is 16.6 Å². The van der Waals surface area contributed by atoms with Crippen LogP contribution in [0.25, 0.3) is 0 Å². The Balaban J connectivity index is 2.00. The van der Waals surface area contributed by atoms with E-state index in [2.05, 4.69) is 15.6 Å². The maximum atomic E-state index is 13.1. The van der Waals surface area contributed by atoms with Gasteiger partial charge in [0.15, 0.2) is 16.8 Å². The van der Waals surface area contributed by atoms with Gasteiger partial charge in [-0.3, -0.25) is 4.79 Å². The lowest BCUT2D eigenvalue weighted by Crippen LogP contribution is -2.31. The Morgan fingerprint density at radius 3 is 2.57 bits per heavy atom. The molecule has 0 saturated carbocycles. The summed E-state index contributed by atoms with van der Waals surface area (Å²) in [7, 11) is 0. The molecule has 1 amide bonds. The van der Waals surface area contributed by atoms with Crippen LogP contribution in [0.4, 0.5) is 19.6 Å². The van der Waals surface area contributed by atoms with Gasteiger partial charge in [0.1, 0.15) is 6.04 Å². The SMILES string of the molecule is Cc1nc(NC(=O)C(C)Nc2ccc(F)c(F)c2)sc1C. The highest BCUT2D eigenvalue weighted by Gasteiger charge is 2.15. The van der Waals surface area contributed by atoms with E-state index in [4.69, 9.17) is 0 Å². The summed E-state index contributed by atoms with van der Waals surface area (Å²) in [5.41, 5.74) is 1.21. The number of hydrogen-bond acceptors (Lipinski definition) is 4. The quantitative estimate of drug-likeness (QED) is 0.909. The average Bonchev–Trinajstić information content (AvgIpc) is 2.72. The van der Waals surface area contributed by atoms with Crippen LogP contribution in [0.3, 0.4) is 0 Å². The van der Waals surface area contributed by atoms with E-state index in [1.54, 1.807) is 6.92 Å². The zero-order valence-electron chi connectivity index (χ0n) is 11.8. The maximum absolute atomic E-state index is 13.1. The third-order valence-corrected chi connectivity index (χ3v) is 3.94. The number of nitrogens with one attached hydrogen (secondary N) is 2. The van der Waals surface area contributed by atoms with Gasteiger partial charge in [0.25, 0.3) is 0 Å². The summed E-state index contributed by atoms with van der Waals surface area (Å²) in [4.78, 5) is 17.3. The lowest BCUT2D eigenvalue weighted by Gasteiger charge is -2.14. The number of nitrogens with zero attached hydrogens (tertiary/aromatic N) is 1. The molecule has 0 bridgehead atoms. The molecule has 7 heteroatoms. The predicted octanol–water partition coefficient (Wildman–Crippen LogP) is 3.48. The molecular formula is C14H15F2N3OS. The van der Waals surface area contributed by atoms with Crippen molar-refractivity contribution in [2.24, 2.45) is 0 Å². The van der Waals surface area contributed by atoms with Crippen molar-refractivity contribution in [3.63, 3.8) is 0 Å². The normalized spacial score (nSPS) is 12.0. The van der Waals surface area contributed by atoms with Crippen molar-refractivity contribution >= 4 is 28.1 Å². The lowest BCUT2D eigenvalue weighted by atomic mass is 10.2. The molecule has 1 aromatic carbocycles. The van der Waals surface area contributed by atoms with Gasteiger partial charge in [0.2, 0.25) is 5.91 Å². The Morgan fingerprint density at radius 2 is 2.00 bits per heavy atom. The van der Waals surface area contributed by atoms with E-state index in [0.717, 1.165) is 22.7 Å². The third kappa shape index (κ3) is 3.75. The van der Waals surface area contributed by atoms with Crippen LogP contribution in [0.15, 0.2) is 18.2 Å². The van der Waals surface area contributed by atoms with Crippen LogP contribution in [0.1, 0.15) is 17.5 Å². The van der Waals surface area contributed by atoms with Crippen molar-refractivity contribution in [1.29, 1.82) is 0 Å². The van der Waals surface area contributed by atoms with Gasteiger partial charge < -0.3 is 10.6 Å². The summed E-state index contributed by atoms with van der Waals surface area (Å²) in [5, 5.41) is 6.02. The van der Waals surface area contributed by atoms with Crippen molar-refractivity contribution < 1.29 is 13.6 Å². The van der Waals surface area contributed by atoms with Crippen LogP contribution in [0.5, 0.6) is 0 Å². The fourth-order valence-corrected chi connectivity index (χ4v) is 2.46. The smallest absolute Gasteiger partial charge is 0.248 e. The Hall–Kier alpha value is -2.02. The van der Waals surface area contributed by atoms with Crippen LogP contribution in [-0.2, 0) is 4.79 Å². The van der Waals surface area contributed by atoms with Crippen molar-refractivity contribution in [3.05, 3.63) is 40.4 Å². The van der Waals surface area contributed by atoms with Crippen LogP contribution in [-0.4, -0.2) is 16.9 Å². The number of carbonyl (C=O) groups excluding carboxylic acids is 1. The van der Waals surface area contributed by atoms with Gasteiger partial charge in [-0.15, -0.1) is 11.3 Å². The highest BCUT2D eigenvalue weighted by atomic mass is 32.1. The second kappa shape index (κ2) is 6.17. The average molecular weight is 311 g/mol. The number of halogens is 2. The zero-order valence-corrected chi connectivity index (χ0v) is 12.6. The van der Waals surface area contributed by atoms with Gasteiger partial charge in [0.05, 0.1) is 5.69 Å². The zero-order chi connectivity index (χ0) is 15.6. The molecule has 0 fully saturated rings. The van der Waals surface area contributed by atoms with E-state index in [-0.39, 0.29) is 5.91 Å². The van der Waals surface area contributed by atoms with Crippen molar-refractivity contribution in [3.8, 4) is 0 Å². The maximum Gasteiger partial charge on any atom is 0.248 e. The van der Waals surface area contributed by atoms with E-state index in [9.17, 15) is 13.6 Å². The molecule has 2 aromatic rings. The number of aromatic nitrogens is 1. The molecule has 1 atom stereocenters. The molecule has 0 aliphatic carbocycles. The van der Waals surface area contributed by atoms with Crippen LogP contribution < -0.4 is 10.6 Å². The summed E-state index contributed by atoms with van der Waals surface area (Å²) < 4.78 is 25.9. The molecule has 112 valence electrons. The Morgan fingerprint density at radius 1 is 1.29 bits per heavy atom. The first-order valence-corrected chi connectivity index (χ1v) is 7.15. The fraction of sp³-hybridized carbons (Fsp3) is 0.286. The summed E-state index contributed by atoms with van der Waals surface area (Å²) in [5.74, 6) is -2.18. The molecule has 0 spiro atoms. The highest BCUT2D eigenvalue weighted by Crippen LogP contribution is 2.21. The van der Waals surface area contributed by atoms with E-state index in [1.165, 1.54) is 17.4 Å². The van der Waals surface area contributed by atoms with E-state index in [0.29, 0.717) is 10.8 Å². The minimum Gasteiger partial charge on any atom is -0.374 e. The standard InChI is InChI=1S/C14H15F2N3OS/c1-7-9(3)21-14(18-7)19-13(20)8(2)17-10-4-5-11(15)12(16)6-10/h4-6,8,17H,1-3H3,(H,18,19,20). The van der Waals surface area contributed by atoms with Crippen LogP contribution in [0.2, 0.25) is 0 Å². The summed E-state index contributed by atoms with van der Waals surface area (Å²) in [6, 6.07) is 2.78. The number of aryl methyl sites for hydroxylation is 2. The second-order valence-corrected chi connectivity index (χ2v) is 5.85. The van der Waals surface area contributed by atoms with Crippen molar-refractivity contribution in [2.75, 3.05) is 10.6 Å². The highest BCUT2D eigenvalue weighted by molar-refractivity contribution is 7.15. The summed E-state index contributed by atoms with van der Waals surface area (Å²) in [6.45, 7) is 5.42. The molecule has 0 saturated heterocycles. The first-order valence-electron chi connectivity index (χ1n) is 6.33. The molecule has 2 rings (SSSR count). The lowest BCUT2D eigenvalue weighted by molar-refractivity contribution is -0.116. The van der Waals surface area contributed by atoms with Crippen molar-refractivity contribution in [1.82, 2.24) is 4.98 Å². The Labute approximate surface area is 125 Å². The van der Waals surface area contributed by atoms with Crippen LogP contribution >= 0.6 is 11.3 Å². The fourth-order valence-electron chi connectivity index (χ4n) is 1.64. The summed E-state index contributed by atoms with van der Waals surface area (Å²) >= 11 is 1.39. The molecule has 0 aliphatic heterocycles. The van der Waals surface area contributed by atoms with Gasteiger partial charge in [-0.1, -0.05) is 0 Å². The first kappa shape index (κ1) is 15.4. The number of anilines is 2. The van der Waals surface area contributed by atoms with Gasteiger partial charge >= 0.3 is 0 Å². The first-order chi connectivity index (χ1) is 9.86. The van der Waals surface area contributed by atoms with Crippen LogP contribution in [0, 0.1) is 25.5 Å². The van der Waals surface area contributed by atoms with Crippen molar-refractivity contribution in [2.45, 2.75) is 26.8 Å². The van der Waals surface area contributed by atoms with E-state index >= 15 is 0 Å². The molecule has 0 radical (unpaired) electrons. The topological polar surface area (TPSA) is 54.0 Å². The molecule has 4 nitrogen and oxygen atoms in total. The molecule has 0 aliphatic rings. The minimum atomic E-state index is -0.959. The number of hydrogen-bond donors (Lipinski definition) is 2. The Bertz CT molecular complexity index is 653. The van der Waals surface area contributed by atoms with Gasteiger partial charge in [-0.05, 0) is 32.9 Å². The molecule has 2 N–H and O–H groups in total. The molecule has 1 heterocycles. The molecule has 21 heavy (non-hydrogen) atoms. The number of benzene rings is 1. The van der Waals surface area contributed by atoms with E-state index in [1.807, 2.05) is 13.8 Å². The molecule has 1 aromatic heterocycles. The minimum absolute atomic E-state index is 0.298. The van der Waals surface area contributed by atoms with E-state index < -0.39 is 17.7 Å². The molecule has 1 unspecified atom stereocenters. The predicted molar refractivity (Wildman–Crippen MR) is 79.7 cm³/mol. The van der Waals surface area contributed by atoms with Gasteiger partial charge in [-0.2, -0.15) is 0 Å². The number of carbonyl (C=O) groups is 1. The third-order valence-electron chi connectivity index (χ3n) is 2.95. The molecular weight excluding hydrogens is 296 g/mol. The largest absolute Gasteiger partial charge is 0.374 e. The number of amides is 1. The Kier molecular flexibility index (Phi) is 4.52. The number of thiazole rings is 1. The van der Waals surface area contributed by atoms with Gasteiger partial charge in [-0.25, -0.2) is 13.8 Å². The monoisotopic (exact) mass is 311 g/mol.